The van der Waals surface area contributed by atoms with Crippen LogP contribution in [0.15, 0.2) is 36.4 Å². The zero-order chi connectivity index (χ0) is 30.0. The van der Waals surface area contributed by atoms with Crippen LogP contribution < -0.4 is 10.6 Å². The van der Waals surface area contributed by atoms with Crippen molar-refractivity contribution >= 4 is 27.6 Å². The zero-order valence-electron chi connectivity index (χ0n) is 24.1. The molecule has 2 aromatic rings. The summed E-state index contributed by atoms with van der Waals surface area (Å²) in [5.41, 5.74) is 2.69. The Bertz CT molecular complexity index is 1490. The van der Waals surface area contributed by atoms with Crippen LogP contribution in [0, 0.1) is 18.6 Å². The molecule has 0 unspecified atom stereocenters. The Morgan fingerprint density at radius 1 is 1.19 bits per heavy atom. The Morgan fingerprint density at radius 3 is 2.69 bits per heavy atom. The van der Waals surface area contributed by atoms with E-state index in [2.05, 4.69) is 15.5 Å². The van der Waals surface area contributed by atoms with E-state index in [1.807, 2.05) is 25.2 Å². The van der Waals surface area contributed by atoms with E-state index in [1.54, 1.807) is 17.9 Å². The predicted molar refractivity (Wildman–Crippen MR) is 156 cm³/mol. The third-order valence-corrected chi connectivity index (χ3v) is 9.54. The van der Waals surface area contributed by atoms with Crippen molar-refractivity contribution in [2.45, 2.75) is 50.6 Å². The maximum Gasteiger partial charge on any atom is 0.320 e. The highest BCUT2D eigenvalue weighted by Crippen LogP contribution is 2.38. The molecule has 228 valence electrons. The number of rotatable bonds is 9. The number of nitrogens with zero attached hydrogens (tertiary/aromatic N) is 4. The van der Waals surface area contributed by atoms with Gasteiger partial charge in [0, 0.05) is 44.8 Å². The van der Waals surface area contributed by atoms with Gasteiger partial charge in [0.15, 0.2) is 11.6 Å². The number of urea groups is 1. The van der Waals surface area contributed by atoms with Crippen LogP contribution in [-0.4, -0.2) is 85.6 Å². The number of allylic oxidation sites excluding steroid dienone is 4. The smallest absolute Gasteiger partial charge is 0.320 e. The van der Waals surface area contributed by atoms with Crippen molar-refractivity contribution in [1.82, 2.24) is 24.3 Å². The van der Waals surface area contributed by atoms with Crippen LogP contribution in [0.5, 0.6) is 0 Å². The van der Waals surface area contributed by atoms with Crippen molar-refractivity contribution in [3.8, 4) is 0 Å². The number of methoxy groups -OCH3 is 1. The van der Waals surface area contributed by atoms with E-state index in [0.29, 0.717) is 61.8 Å². The fourth-order valence-corrected chi connectivity index (χ4v) is 7.29. The van der Waals surface area contributed by atoms with Gasteiger partial charge in [-0.1, -0.05) is 18.2 Å². The van der Waals surface area contributed by atoms with Crippen molar-refractivity contribution < 1.29 is 26.7 Å². The number of amides is 2. The van der Waals surface area contributed by atoms with Gasteiger partial charge in [-0.15, -0.1) is 0 Å². The highest BCUT2D eigenvalue weighted by atomic mass is 32.2. The Labute approximate surface area is 245 Å². The van der Waals surface area contributed by atoms with Crippen molar-refractivity contribution in [3.63, 3.8) is 0 Å². The normalized spacial score (nSPS) is 23.4. The second-order valence-corrected chi connectivity index (χ2v) is 13.1. The minimum absolute atomic E-state index is 0.268. The molecule has 0 bridgehead atoms. The van der Waals surface area contributed by atoms with Crippen molar-refractivity contribution in [1.29, 1.82) is 0 Å². The molecule has 13 heteroatoms. The Balaban J connectivity index is 1.42. The van der Waals surface area contributed by atoms with E-state index in [-0.39, 0.29) is 12.0 Å². The van der Waals surface area contributed by atoms with Crippen molar-refractivity contribution in [2.75, 3.05) is 51.5 Å². The molecule has 2 saturated heterocycles. The molecular formula is C29H38F2N6O4S. The molecule has 2 aliphatic heterocycles. The molecule has 42 heavy (non-hydrogen) atoms. The largest absolute Gasteiger partial charge is 0.383 e. The van der Waals surface area contributed by atoms with Crippen LogP contribution in [0.1, 0.15) is 54.5 Å². The molecular weight excluding hydrogens is 566 g/mol. The first-order chi connectivity index (χ1) is 20.1. The van der Waals surface area contributed by atoms with Crippen LogP contribution in [0.2, 0.25) is 0 Å². The molecule has 0 radical (unpaired) electrons. The average Bonchev–Trinajstić information content (AvgIpc) is 3.68. The lowest BCUT2D eigenvalue weighted by molar-refractivity contribution is 0.159. The Morgan fingerprint density at radius 2 is 2.00 bits per heavy atom. The zero-order valence-corrected chi connectivity index (χ0v) is 25.0. The number of hydrogen-bond acceptors (Lipinski definition) is 6. The number of carbonyl (C=O) groups is 1. The number of ether oxygens (including phenoxy) is 1. The van der Waals surface area contributed by atoms with Crippen LogP contribution >= 0.6 is 0 Å². The number of nitrogens with one attached hydrogen (secondary N) is 2. The quantitative estimate of drug-likeness (QED) is 0.448. The maximum atomic E-state index is 14.1. The fourth-order valence-electron chi connectivity index (χ4n) is 6.16. The minimum atomic E-state index is -3.44. The number of carbonyl (C=O) groups excluding carboxylic acids is 1. The molecule has 3 heterocycles. The lowest BCUT2D eigenvalue weighted by Crippen LogP contribution is -2.42. The summed E-state index contributed by atoms with van der Waals surface area (Å²) >= 11 is 0. The van der Waals surface area contributed by atoms with Gasteiger partial charge >= 0.3 is 6.03 Å². The number of halogens is 2. The van der Waals surface area contributed by atoms with E-state index in [4.69, 9.17) is 9.84 Å². The summed E-state index contributed by atoms with van der Waals surface area (Å²) in [6, 6.07) is 2.58. The van der Waals surface area contributed by atoms with Crippen LogP contribution in [-0.2, 0) is 14.8 Å². The van der Waals surface area contributed by atoms with Gasteiger partial charge in [-0.25, -0.2) is 26.7 Å². The summed E-state index contributed by atoms with van der Waals surface area (Å²) in [6.07, 6.45) is 10.3. The number of aromatic nitrogens is 2. The van der Waals surface area contributed by atoms with Gasteiger partial charge in [-0.05, 0) is 56.4 Å². The summed E-state index contributed by atoms with van der Waals surface area (Å²) in [5.74, 6) is -1.66. The second kappa shape index (κ2) is 12.6. The molecule has 3 atom stereocenters. The molecule has 2 N–H and O–H groups in total. The molecule has 2 amide bonds. The highest BCUT2D eigenvalue weighted by Gasteiger charge is 2.38. The topological polar surface area (TPSA) is 109 Å². The van der Waals surface area contributed by atoms with Gasteiger partial charge in [0.1, 0.15) is 5.82 Å². The van der Waals surface area contributed by atoms with E-state index in [1.165, 1.54) is 16.6 Å². The predicted octanol–water partition coefficient (Wildman–Crippen LogP) is 3.99. The Hall–Kier alpha value is -3.13. The number of hydrogen-bond donors (Lipinski definition) is 2. The molecule has 2 fully saturated rings. The van der Waals surface area contributed by atoms with Gasteiger partial charge < -0.3 is 10.1 Å². The van der Waals surface area contributed by atoms with Crippen LogP contribution in [0.25, 0.3) is 5.70 Å². The van der Waals surface area contributed by atoms with E-state index < -0.39 is 33.7 Å². The summed E-state index contributed by atoms with van der Waals surface area (Å²) < 4.78 is 61.2. The first-order valence-corrected chi connectivity index (χ1v) is 16.1. The summed E-state index contributed by atoms with van der Waals surface area (Å²) in [4.78, 5) is 15.7. The Kier molecular flexibility index (Phi) is 9.11. The number of anilines is 1. The molecule has 3 aliphatic rings. The van der Waals surface area contributed by atoms with Gasteiger partial charge in [0.25, 0.3) is 0 Å². The number of benzene rings is 1. The average molecular weight is 605 g/mol. The molecule has 5 rings (SSSR count). The molecule has 1 aliphatic carbocycles. The monoisotopic (exact) mass is 604 g/mol. The first-order valence-electron chi connectivity index (χ1n) is 14.2. The van der Waals surface area contributed by atoms with Gasteiger partial charge in [0.2, 0.25) is 10.0 Å². The first kappa shape index (κ1) is 30.3. The second-order valence-electron chi connectivity index (χ2n) is 11.1. The number of likely N-dealkylation sites (tertiary alicyclic amines) is 1. The van der Waals surface area contributed by atoms with E-state index >= 15 is 0 Å². The van der Waals surface area contributed by atoms with Crippen molar-refractivity contribution in [3.05, 3.63) is 64.9 Å². The van der Waals surface area contributed by atoms with Gasteiger partial charge in [0.05, 0.1) is 36.3 Å². The fraction of sp³-hybridized carbons (Fsp3) is 0.517. The van der Waals surface area contributed by atoms with E-state index in [9.17, 15) is 22.0 Å². The SMILES string of the molecule is COCCN1C[C@@H](NC(=O)Nc2c(C)c([C@H]3CCCN3S(C)(=O)=O)nn2C2=CCCC=C2)[C@H](c2ccc(F)c(F)c2)C1. The molecule has 0 spiro atoms. The standard InChI is InChI=1S/C29H38F2N6O4S/c1-19-27(26-10-7-13-36(26)42(3,39)40)34-37(21-8-5-4-6-9-21)28(19)33-29(38)32-25-18-35(14-15-41-2)17-22(25)20-11-12-23(30)24(31)16-20/h5,8-9,11-12,16,22,25-26H,4,6-7,10,13-15,17-18H2,1-3H3,(H2,32,33,38)/t22-,25+,26+/m0/s1. The molecule has 10 nitrogen and oxygen atoms in total. The van der Waals surface area contributed by atoms with Gasteiger partial charge in [-0.3, -0.25) is 10.2 Å². The highest BCUT2D eigenvalue weighted by molar-refractivity contribution is 7.88. The third-order valence-electron chi connectivity index (χ3n) is 8.25. The maximum absolute atomic E-state index is 14.1. The van der Waals surface area contributed by atoms with Gasteiger partial charge in [-0.2, -0.15) is 9.40 Å². The molecule has 0 saturated carbocycles. The lowest BCUT2D eigenvalue weighted by atomic mass is 9.94. The van der Waals surface area contributed by atoms with E-state index in [0.717, 1.165) is 31.0 Å². The summed E-state index contributed by atoms with van der Waals surface area (Å²) in [5, 5.41) is 10.9. The lowest BCUT2D eigenvalue weighted by Gasteiger charge is -2.21. The van der Waals surface area contributed by atoms with Crippen LogP contribution in [0.4, 0.5) is 19.4 Å². The van der Waals surface area contributed by atoms with Crippen LogP contribution in [0.3, 0.4) is 0 Å². The third kappa shape index (κ3) is 6.43. The number of sulfonamides is 1. The minimum Gasteiger partial charge on any atom is -0.383 e. The molecule has 1 aromatic heterocycles. The summed E-state index contributed by atoms with van der Waals surface area (Å²) in [6.45, 7) is 4.44. The van der Waals surface area contributed by atoms with Crippen molar-refractivity contribution in [2.24, 2.45) is 0 Å². The molecule has 1 aromatic carbocycles. The summed E-state index contributed by atoms with van der Waals surface area (Å²) in [7, 11) is -1.83.